The summed E-state index contributed by atoms with van der Waals surface area (Å²) in [6.07, 6.45) is 3.85. The monoisotopic (exact) mass is 410 g/mol. The molecule has 1 saturated carbocycles. The summed E-state index contributed by atoms with van der Waals surface area (Å²) in [6.45, 7) is 1.65. The van der Waals surface area contributed by atoms with Crippen LogP contribution in [-0.4, -0.2) is 62.1 Å². The Morgan fingerprint density at radius 2 is 2.07 bits per heavy atom. The van der Waals surface area contributed by atoms with Gasteiger partial charge in [0.05, 0.1) is 31.5 Å². The number of carbonyl (C=O) groups excluding carboxylic acids is 2. The SMILES string of the molecule is COc1ccccc1OCCN(C)C(=O)c1cnc2c(c1)N(CC1CC1)C(=O)CN2. The number of rotatable bonds is 8. The molecule has 0 radical (unpaired) electrons. The van der Waals surface area contributed by atoms with Crippen LogP contribution in [0.25, 0.3) is 0 Å². The molecule has 1 aromatic carbocycles. The Hall–Kier alpha value is -3.29. The van der Waals surface area contributed by atoms with Crippen molar-refractivity contribution >= 4 is 23.3 Å². The number of nitrogens with zero attached hydrogens (tertiary/aromatic N) is 3. The topological polar surface area (TPSA) is 84.0 Å². The Kier molecular flexibility index (Phi) is 5.74. The summed E-state index contributed by atoms with van der Waals surface area (Å²) >= 11 is 0. The molecular formula is C22H26N4O4. The van der Waals surface area contributed by atoms with E-state index in [2.05, 4.69) is 10.3 Å². The van der Waals surface area contributed by atoms with Crippen LogP contribution in [0.2, 0.25) is 0 Å². The van der Waals surface area contributed by atoms with Crippen LogP contribution in [-0.2, 0) is 4.79 Å². The lowest BCUT2D eigenvalue weighted by Crippen LogP contribution is -2.41. The molecule has 2 aliphatic rings. The van der Waals surface area contributed by atoms with Gasteiger partial charge in [0.15, 0.2) is 11.5 Å². The zero-order chi connectivity index (χ0) is 21.1. The molecule has 1 aromatic heterocycles. The van der Waals surface area contributed by atoms with Gasteiger partial charge in [-0.15, -0.1) is 0 Å². The highest BCUT2D eigenvalue weighted by molar-refractivity contribution is 6.04. The van der Waals surface area contributed by atoms with Crippen LogP contribution < -0.4 is 19.7 Å². The van der Waals surface area contributed by atoms with E-state index >= 15 is 0 Å². The summed E-state index contributed by atoms with van der Waals surface area (Å²) in [5, 5.41) is 3.04. The van der Waals surface area contributed by atoms with E-state index < -0.39 is 0 Å². The predicted molar refractivity (Wildman–Crippen MR) is 113 cm³/mol. The largest absolute Gasteiger partial charge is 0.493 e. The smallest absolute Gasteiger partial charge is 0.255 e. The molecule has 0 saturated heterocycles. The first-order valence-electron chi connectivity index (χ1n) is 10.1. The van der Waals surface area contributed by atoms with Crippen LogP contribution >= 0.6 is 0 Å². The van der Waals surface area contributed by atoms with Gasteiger partial charge in [-0.3, -0.25) is 9.59 Å². The number of hydrogen-bond donors (Lipinski definition) is 1. The standard InChI is InChI=1S/C22H26N4O4/c1-25(9-10-30-19-6-4-3-5-18(19)29-2)22(28)16-11-17-21(23-12-16)24-13-20(27)26(17)14-15-7-8-15/h3-6,11-12,15H,7-10,13-14H2,1-2H3,(H,23,24). The van der Waals surface area contributed by atoms with Gasteiger partial charge in [-0.1, -0.05) is 12.1 Å². The highest BCUT2D eigenvalue weighted by Crippen LogP contribution is 2.35. The highest BCUT2D eigenvalue weighted by atomic mass is 16.5. The molecule has 30 heavy (non-hydrogen) atoms. The fourth-order valence-corrected chi connectivity index (χ4v) is 3.41. The number of anilines is 2. The van der Waals surface area contributed by atoms with Crippen molar-refractivity contribution < 1.29 is 19.1 Å². The van der Waals surface area contributed by atoms with Crippen molar-refractivity contribution in [2.45, 2.75) is 12.8 Å². The van der Waals surface area contributed by atoms with E-state index in [9.17, 15) is 9.59 Å². The van der Waals surface area contributed by atoms with E-state index in [0.717, 1.165) is 12.8 Å². The molecule has 4 rings (SSSR count). The first-order chi connectivity index (χ1) is 14.6. The fraction of sp³-hybridized carbons (Fsp3) is 0.409. The molecule has 2 amide bonds. The van der Waals surface area contributed by atoms with Crippen LogP contribution in [0.5, 0.6) is 11.5 Å². The molecule has 8 nitrogen and oxygen atoms in total. The summed E-state index contributed by atoms with van der Waals surface area (Å²) in [4.78, 5) is 33.0. The molecule has 1 fully saturated rings. The van der Waals surface area contributed by atoms with E-state index in [0.29, 0.717) is 54.2 Å². The number of amides is 2. The van der Waals surface area contributed by atoms with Crippen LogP contribution in [0, 0.1) is 5.92 Å². The van der Waals surface area contributed by atoms with E-state index in [-0.39, 0.29) is 18.4 Å². The number of para-hydroxylation sites is 2. The third kappa shape index (κ3) is 4.32. The van der Waals surface area contributed by atoms with Gasteiger partial charge in [-0.2, -0.15) is 0 Å². The maximum Gasteiger partial charge on any atom is 0.255 e. The van der Waals surface area contributed by atoms with Gasteiger partial charge in [0.25, 0.3) is 5.91 Å². The Labute approximate surface area is 175 Å². The van der Waals surface area contributed by atoms with Crippen molar-refractivity contribution in [1.82, 2.24) is 9.88 Å². The third-order valence-electron chi connectivity index (χ3n) is 5.35. The maximum absolute atomic E-state index is 12.9. The van der Waals surface area contributed by atoms with E-state index in [4.69, 9.17) is 9.47 Å². The van der Waals surface area contributed by atoms with Crippen LogP contribution in [0.4, 0.5) is 11.5 Å². The van der Waals surface area contributed by atoms with Gasteiger partial charge in [0.1, 0.15) is 12.4 Å². The van der Waals surface area contributed by atoms with Gasteiger partial charge < -0.3 is 24.6 Å². The number of ether oxygens (including phenoxy) is 2. The molecule has 2 heterocycles. The average Bonchev–Trinajstić information content (AvgIpc) is 3.59. The number of aromatic nitrogens is 1. The second-order valence-electron chi connectivity index (χ2n) is 7.62. The van der Waals surface area contributed by atoms with Crippen LogP contribution in [0.15, 0.2) is 36.5 Å². The first kappa shape index (κ1) is 20.0. The molecule has 1 aliphatic carbocycles. The fourth-order valence-electron chi connectivity index (χ4n) is 3.41. The second kappa shape index (κ2) is 8.61. The maximum atomic E-state index is 12.9. The van der Waals surface area contributed by atoms with Crippen molar-refractivity contribution in [3.8, 4) is 11.5 Å². The third-order valence-corrected chi connectivity index (χ3v) is 5.35. The molecule has 8 heteroatoms. The molecule has 0 atom stereocenters. The summed E-state index contributed by atoms with van der Waals surface area (Å²) in [5.74, 6) is 2.33. The minimum atomic E-state index is -0.168. The molecule has 0 bridgehead atoms. The number of hydrogen-bond acceptors (Lipinski definition) is 6. The van der Waals surface area contributed by atoms with Gasteiger partial charge in [0, 0.05) is 19.8 Å². The number of benzene rings is 1. The van der Waals surface area contributed by atoms with Gasteiger partial charge in [-0.05, 0) is 37.0 Å². The van der Waals surface area contributed by atoms with Crippen molar-refractivity contribution in [2.24, 2.45) is 5.92 Å². The van der Waals surface area contributed by atoms with Gasteiger partial charge in [-0.25, -0.2) is 4.98 Å². The van der Waals surface area contributed by atoms with Gasteiger partial charge in [0.2, 0.25) is 5.91 Å². The minimum Gasteiger partial charge on any atom is -0.493 e. The summed E-state index contributed by atoms with van der Waals surface area (Å²) in [5.41, 5.74) is 1.13. The number of methoxy groups -OCH3 is 1. The molecule has 0 unspecified atom stereocenters. The molecule has 1 aliphatic heterocycles. The number of fused-ring (bicyclic) bond motifs is 1. The zero-order valence-electron chi connectivity index (χ0n) is 17.3. The average molecular weight is 410 g/mol. The Bertz CT molecular complexity index is 944. The van der Waals surface area contributed by atoms with Crippen LogP contribution in [0.1, 0.15) is 23.2 Å². The number of pyridine rings is 1. The first-order valence-corrected chi connectivity index (χ1v) is 10.1. The highest BCUT2D eigenvalue weighted by Gasteiger charge is 2.32. The van der Waals surface area contributed by atoms with Crippen molar-refractivity contribution in [3.05, 3.63) is 42.1 Å². The number of carbonyl (C=O) groups is 2. The normalized spacial score (nSPS) is 15.3. The molecule has 158 valence electrons. The Balaban J connectivity index is 1.41. The van der Waals surface area contributed by atoms with Crippen molar-refractivity contribution in [3.63, 3.8) is 0 Å². The summed E-state index contributed by atoms with van der Waals surface area (Å²) in [7, 11) is 3.31. The van der Waals surface area contributed by atoms with E-state index in [1.807, 2.05) is 24.3 Å². The molecule has 1 N–H and O–H groups in total. The number of nitrogens with one attached hydrogen (secondary N) is 1. The van der Waals surface area contributed by atoms with E-state index in [1.165, 1.54) is 0 Å². The second-order valence-corrected chi connectivity index (χ2v) is 7.62. The summed E-state index contributed by atoms with van der Waals surface area (Å²) < 4.78 is 11.0. The minimum absolute atomic E-state index is 0.0133. The molecular weight excluding hydrogens is 384 g/mol. The number of likely N-dealkylation sites (N-methyl/N-ethyl adjacent to an activating group) is 1. The Morgan fingerprint density at radius 3 is 2.80 bits per heavy atom. The molecule has 0 spiro atoms. The summed E-state index contributed by atoms with van der Waals surface area (Å²) in [6, 6.07) is 9.15. The quantitative estimate of drug-likeness (QED) is 0.720. The lowest BCUT2D eigenvalue weighted by molar-refractivity contribution is -0.117. The van der Waals surface area contributed by atoms with Crippen molar-refractivity contribution in [1.29, 1.82) is 0 Å². The lowest BCUT2D eigenvalue weighted by Gasteiger charge is -2.30. The van der Waals surface area contributed by atoms with Gasteiger partial charge >= 0.3 is 0 Å². The lowest BCUT2D eigenvalue weighted by atomic mass is 10.1. The van der Waals surface area contributed by atoms with E-state index in [1.54, 1.807) is 36.2 Å². The van der Waals surface area contributed by atoms with Crippen LogP contribution in [0.3, 0.4) is 0 Å². The zero-order valence-corrected chi connectivity index (χ0v) is 17.3. The predicted octanol–water partition coefficient (Wildman–Crippen LogP) is 2.41. The molecule has 2 aromatic rings. The van der Waals surface area contributed by atoms with Crippen molar-refractivity contribution in [2.75, 3.05) is 50.6 Å². The Morgan fingerprint density at radius 1 is 1.30 bits per heavy atom.